The molecule has 29 heavy (non-hydrogen) atoms. The van der Waals surface area contributed by atoms with Crippen LogP contribution in [-0.4, -0.2) is 38.5 Å². The molecule has 0 radical (unpaired) electrons. The predicted octanol–water partition coefficient (Wildman–Crippen LogP) is 6.07. The van der Waals surface area contributed by atoms with Gasteiger partial charge in [0.2, 0.25) is 5.91 Å². The first-order chi connectivity index (χ1) is 13.7. The SMILES string of the molecule is CCCC(CCC(=O)N(Cc1cccs1)Cc1cccs1)N(C(=O)O)C(C)(C)C. The van der Waals surface area contributed by atoms with Crippen LogP contribution in [-0.2, 0) is 17.9 Å². The summed E-state index contributed by atoms with van der Waals surface area (Å²) in [5.41, 5.74) is -0.498. The van der Waals surface area contributed by atoms with Crippen LogP contribution in [0.2, 0.25) is 0 Å². The summed E-state index contributed by atoms with van der Waals surface area (Å²) in [6.07, 6.45) is 1.61. The minimum Gasteiger partial charge on any atom is -0.465 e. The quantitative estimate of drug-likeness (QED) is 0.492. The summed E-state index contributed by atoms with van der Waals surface area (Å²) < 4.78 is 0. The predicted molar refractivity (Wildman–Crippen MR) is 120 cm³/mol. The second kappa shape index (κ2) is 10.8. The van der Waals surface area contributed by atoms with Gasteiger partial charge in [-0.25, -0.2) is 4.79 Å². The molecule has 5 nitrogen and oxygen atoms in total. The Labute approximate surface area is 182 Å². The van der Waals surface area contributed by atoms with Crippen LogP contribution in [0.1, 0.15) is 63.1 Å². The van der Waals surface area contributed by atoms with Gasteiger partial charge in [0.25, 0.3) is 0 Å². The molecule has 2 aromatic rings. The molecule has 2 rings (SSSR count). The first kappa shape index (κ1) is 23.4. The average molecular weight is 437 g/mol. The zero-order valence-electron chi connectivity index (χ0n) is 17.8. The van der Waals surface area contributed by atoms with Gasteiger partial charge in [0.1, 0.15) is 0 Å². The Morgan fingerprint density at radius 2 is 1.59 bits per heavy atom. The molecule has 0 saturated heterocycles. The van der Waals surface area contributed by atoms with Crippen LogP contribution in [0.25, 0.3) is 0 Å². The third kappa shape index (κ3) is 7.16. The Balaban J connectivity index is 2.10. The van der Waals surface area contributed by atoms with Gasteiger partial charge in [-0.05, 0) is 56.5 Å². The zero-order valence-corrected chi connectivity index (χ0v) is 19.4. The number of carboxylic acid groups (broad SMARTS) is 1. The topological polar surface area (TPSA) is 60.9 Å². The summed E-state index contributed by atoms with van der Waals surface area (Å²) in [5.74, 6) is 0.0761. The van der Waals surface area contributed by atoms with Crippen LogP contribution >= 0.6 is 22.7 Å². The fourth-order valence-corrected chi connectivity index (χ4v) is 5.03. The number of amides is 2. The average Bonchev–Trinajstić information content (AvgIpc) is 3.31. The Morgan fingerprint density at radius 1 is 1.03 bits per heavy atom. The third-order valence-electron chi connectivity index (χ3n) is 4.81. The van der Waals surface area contributed by atoms with Gasteiger partial charge < -0.3 is 14.9 Å². The lowest BCUT2D eigenvalue weighted by Crippen LogP contribution is -2.51. The summed E-state index contributed by atoms with van der Waals surface area (Å²) in [6.45, 7) is 8.96. The van der Waals surface area contributed by atoms with E-state index in [1.165, 1.54) is 4.90 Å². The van der Waals surface area contributed by atoms with Gasteiger partial charge in [-0.15, -0.1) is 22.7 Å². The fraction of sp³-hybridized carbons (Fsp3) is 0.545. The molecule has 0 aliphatic rings. The maximum absolute atomic E-state index is 13.1. The van der Waals surface area contributed by atoms with Crippen molar-refractivity contribution in [2.75, 3.05) is 0 Å². The zero-order chi connectivity index (χ0) is 21.4. The largest absolute Gasteiger partial charge is 0.465 e. The highest BCUT2D eigenvalue weighted by atomic mass is 32.1. The molecule has 0 bridgehead atoms. The normalized spacial score (nSPS) is 12.6. The second-order valence-corrected chi connectivity index (χ2v) is 10.3. The van der Waals surface area contributed by atoms with E-state index in [-0.39, 0.29) is 11.9 Å². The monoisotopic (exact) mass is 436 g/mol. The highest BCUT2D eigenvalue weighted by Crippen LogP contribution is 2.25. The van der Waals surface area contributed by atoms with Gasteiger partial charge in [0, 0.05) is 27.8 Å². The Hall–Kier alpha value is -1.86. The number of rotatable bonds is 10. The molecule has 1 unspecified atom stereocenters. The molecule has 1 N–H and O–H groups in total. The molecule has 2 heterocycles. The van der Waals surface area contributed by atoms with E-state index in [1.54, 1.807) is 22.7 Å². The summed E-state index contributed by atoms with van der Waals surface area (Å²) >= 11 is 3.30. The van der Waals surface area contributed by atoms with E-state index in [4.69, 9.17) is 0 Å². The first-order valence-corrected chi connectivity index (χ1v) is 11.8. The molecule has 160 valence electrons. The highest BCUT2D eigenvalue weighted by molar-refractivity contribution is 7.10. The van der Waals surface area contributed by atoms with Crippen LogP contribution in [0.15, 0.2) is 35.0 Å². The smallest absolute Gasteiger partial charge is 0.407 e. The first-order valence-electron chi connectivity index (χ1n) is 10.1. The van der Waals surface area contributed by atoms with Crippen LogP contribution in [0.5, 0.6) is 0 Å². The molecule has 2 aromatic heterocycles. The van der Waals surface area contributed by atoms with Crippen molar-refractivity contribution in [1.82, 2.24) is 9.80 Å². The van der Waals surface area contributed by atoms with E-state index in [0.29, 0.717) is 25.9 Å². The van der Waals surface area contributed by atoms with E-state index in [1.807, 2.05) is 60.7 Å². The standard InChI is InChI=1S/C22H32N2O3S2/c1-5-8-17(24(21(26)27)22(2,3)4)11-12-20(25)23(15-18-9-6-13-28-18)16-19-10-7-14-29-19/h6-7,9-10,13-14,17H,5,8,11-12,15-16H2,1-4H3,(H,26,27). The van der Waals surface area contributed by atoms with Crippen molar-refractivity contribution in [1.29, 1.82) is 0 Å². The van der Waals surface area contributed by atoms with Crippen LogP contribution in [0, 0.1) is 0 Å². The molecule has 0 fully saturated rings. The van der Waals surface area contributed by atoms with Crippen molar-refractivity contribution >= 4 is 34.7 Å². The van der Waals surface area contributed by atoms with Crippen molar-refractivity contribution in [3.8, 4) is 0 Å². The summed E-state index contributed by atoms with van der Waals surface area (Å²) in [6, 6.07) is 7.93. The van der Waals surface area contributed by atoms with E-state index in [9.17, 15) is 14.7 Å². The molecular weight excluding hydrogens is 404 g/mol. The summed E-state index contributed by atoms with van der Waals surface area (Å²) in [4.78, 5) is 30.7. The van der Waals surface area contributed by atoms with Gasteiger partial charge >= 0.3 is 6.09 Å². The molecule has 0 saturated carbocycles. The number of hydrogen-bond acceptors (Lipinski definition) is 4. The van der Waals surface area contributed by atoms with Crippen molar-refractivity contribution < 1.29 is 14.7 Å². The number of carbonyl (C=O) groups is 2. The summed E-state index contributed by atoms with van der Waals surface area (Å²) in [5, 5.41) is 13.8. The molecule has 2 amide bonds. The van der Waals surface area contributed by atoms with E-state index in [2.05, 4.69) is 6.92 Å². The van der Waals surface area contributed by atoms with Crippen LogP contribution in [0.3, 0.4) is 0 Å². The lowest BCUT2D eigenvalue weighted by molar-refractivity contribution is -0.132. The minimum atomic E-state index is -0.919. The summed E-state index contributed by atoms with van der Waals surface area (Å²) in [7, 11) is 0. The molecule has 1 atom stereocenters. The molecule has 0 aliphatic heterocycles. The number of nitrogens with zero attached hydrogens (tertiary/aromatic N) is 2. The molecular formula is C22H32N2O3S2. The number of carbonyl (C=O) groups excluding carboxylic acids is 1. The number of thiophene rings is 2. The Morgan fingerprint density at radius 3 is 1.97 bits per heavy atom. The van der Waals surface area contributed by atoms with Crippen molar-refractivity contribution in [2.45, 2.75) is 78.0 Å². The van der Waals surface area contributed by atoms with Gasteiger partial charge in [-0.1, -0.05) is 25.5 Å². The van der Waals surface area contributed by atoms with E-state index < -0.39 is 11.6 Å². The minimum absolute atomic E-state index is 0.0761. The lowest BCUT2D eigenvalue weighted by atomic mass is 9.97. The Kier molecular flexibility index (Phi) is 8.71. The second-order valence-electron chi connectivity index (χ2n) is 8.21. The van der Waals surface area contributed by atoms with Gasteiger partial charge in [0.05, 0.1) is 13.1 Å². The Bertz CT molecular complexity index is 715. The highest BCUT2D eigenvalue weighted by Gasteiger charge is 2.33. The van der Waals surface area contributed by atoms with Crippen molar-refractivity contribution in [3.63, 3.8) is 0 Å². The maximum atomic E-state index is 13.1. The van der Waals surface area contributed by atoms with E-state index in [0.717, 1.165) is 22.6 Å². The van der Waals surface area contributed by atoms with Gasteiger partial charge in [-0.3, -0.25) is 4.79 Å². The van der Waals surface area contributed by atoms with Crippen LogP contribution < -0.4 is 0 Å². The van der Waals surface area contributed by atoms with Crippen LogP contribution in [0.4, 0.5) is 4.79 Å². The van der Waals surface area contributed by atoms with Gasteiger partial charge in [0.15, 0.2) is 0 Å². The van der Waals surface area contributed by atoms with Crippen molar-refractivity contribution in [3.05, 3.63) is 44.8 Å². The molecule has 0 aromatic carbocycles. The molecule has 0 spiro atoms. The lowest BCUT2D eigenvalue weighted by Gasteiger charge is -2.40. The molecule has 0 aliphatic carbocycles. The fourth-order valence-electron chi connectivity index (χ4n) is 3.59. The number of hydrogen-bond donors (Lipinski definition) is 1. The third-order valence-corrected chi connectivity index (χ3v) is 6.54. The van der Waals surface area contributed by atoms with E-state index >= 15 is 0 Å². The maximum Gasteiger partial charge on any atom is 0.407 e. The van der Waals surface area contributed by atoms with Crippen molar-refractivity contribution in [2.24, 2.45) is 0 Å². The molecule has 7 heteroatoms. The van der Waals surface area contributed by atoms with Gasteiger partial charge in [-0.2, -0.15) is 0 Å².